The van der Waals surface area contributed by atoms with E-state index in [1.807, 2.05) is 54.6 Å². The lowest BCUT2D eigenvalue weighted by Gasteiger charge is -2.09. The topological polar surface area (TPSA) is 78.9 Å². The second-order valence-electron chi connectivity index (χ2n) is 6.09. The quantitative estimate of drug-likeness (QED) is 0.835. The molecule has 0 radical (unpaired) electrons. The maximum atomic E-state index is 12.1. The number of aliphatic hydroxyl groups excluding tert-OH is 1. The van der Waals surface area contributed by atoms with E-state index in [1.165, 1.54) is 11.9 Å². The number of likely N-dealkylation sites (N-methyl/N-ethyl adjacent to an activating group) is 1. The van der Waals surface area contributed by atoms with Gasteiger partial charge in [-0.05, 0) is 23.3 Å². The third kappa shape index (κ3) is 4.03. The van der Waals surface area contributed by atoms with Gasteiger partial charge in [0.15, 0.2) is 5.76 Å². The molecule has 1 heterocycles. The minimum absolute atomic E-state index is 0.0975. The zero-order valence-corrected chi connectivity index (χ0v) is 14.4. The SMILES string of the molecule is CN1CC(C(=O)NCc2ccc(OCc3ccccc3)cc2)=C(O)C1=O. The smallest absolute Gasteiger partial charge is 0.289 e. The number of nitrogens with zero attached hydrogens (tertiary/aromatic N) is 1. The summed E-state index contributed by atoms with van der Waals surface area (Å²) in [5.74, 6) is -0.707. The normalized spacial score (nSPS) is 13.9. The highest BCUT2D eigenvalue weighted by atomic mass is 16.5. The van der Waals surface area contributed by atoms with Gasteiger partial charge in [0, 0.05) is 13.6 Å². The molecule has 0 aliphatic carbocycles. The van der Waals surface area contributed by atoms with Crippen LogP contribution in [0.25, 0.3) is 0 Å². The molecule has 3 rings (SSSR count). The molecule has 134 valence electrons. The summed E-state index contributed by atoms with van der Waals surface area (Å²) >= 11 is 0. The van der Waals surface area contributed by atoms with Gasteiger partial charge in [-0.1, -0.05) is 42.5 Å². The summed E-state index contributed by atoms with van der Waals surface area (Å²) < 4.78 is 5.72. The third-order valence-electron chi connectivity index (χ3n) is 4.13. The van der Waals surface area contributed by atoms with Crippen molar-refractivity contribution in [1.29, 1.82) is 0 Å². The van der Waals surface area contributed by atoms with Gasteiger partial charge in [-0.3, -0.25) is 9.59 Å². The van der Waals surface area contributed by atoms with Crippen molar-refractivity contribution in [2.75, 3.05) is 13.6 Å². The Bertz CT molecular complexity index is 829. The Morgan fingerprint density at radius 3 is 2.42 bits per heavy atom. The second-order valence-corrected chi connectivity index (χ2v) is 6.09. The van der Waals surface area contributed by atoms with E-state index in [0.717, 1.165) is 16.9 Å². The van der Waals surface area contributed by atoms with Crippen LogP contribution in [0.3, 0.4) is 0 Å². The minimum atomic E-state index is -0.532. The van der Waals surface area contributed by atoms with Crippen LogP contribution >= 0.6 is 0 Å². The molecule has 2 N–H and O–H groups in total. The van der Waals surface area contributed by atoms with Crippen molar-refractivity contribution < 1.29 is 19.4 Å². The fraction of sp³-hybridized carbons (Fsp3) is 0.200. The summed E-state index contributed by atoms with van der Waals surface area (Å²) in [6.07, 6.45) is 0. The van der Waals surface area contributed by atoms with Crippen molar-refractivity contribution in [3.05, 3.63) is 77.1 Å². The van der Waals surface area contributed by atoms with Crippen LogP contribution in [0.5, 0.6) is 5.75 Å². The Morgan fingerprint density at radius 1 is 1.12 bits per heavy atom. The number of rotatable bonds is 6. The lowest BCUT2D eigenvalue weighted by atomic mass is 10.2. The minimum Gasteiger partial charge on any atom is -0.503 e. The van der Waals surface area contributed by atoms with Crippen molar-refractivity contribution in [3.8, 4) is 5.75 Å². The summed E-state index contributed by atoms with van der Waals surface area (Å²) in [5.41, 5.74) is 2.08. The first kappa shape index (κ1) is 17.5. The average molecular weight is 352 g/mol. The van der Waals surface area contributed by atoms with Gasteiger partial charge in [0.25, 0.3) is 11.8 Å². The van der Waals surface area contributed by atoms with E-state index in [9.17, 15) is 14.7 Å². The maximum absolute atomic E-state index is 12.1. The number of amides is 2. The maximum Gasteiger partial charge on any atom is 0.289 e. The predicted octanol–water partition coefficient (Wildman–Crippen LogP) is 2.17. The summed E-state index contributed by atoms with van der Waals surface area (Å²) in [7, 11) is 1.53. The molecule has 1 aliphatic heterocycles. The summed E-state index contributed by atoms with van der Waals surface area (Å²) in [6.45, 7) is 0.904. The molecule has 0 bridgehead atoms. The summed E-state index contributed by atoms with van der Waals surface area (Å²) in [4.78, 5) is 24.9. The van der Waals surface area contributed by atoms with Gasteiger partial charge < -0.3 is 20.1 Å². The fourth-order valence-corrected chi connectivity index (χ4v) is 2.61. The molecule has 0 aromatic heterocycles. The lowest BCUT2D eigenvalue weighted by Crippen LogP contribution is -2.27. The van der Waals surface area contributed by atoms with Crippen LogP contribution in [-0.4, -0.2) is 35.4 Å². The van der Waals surface area contributed by atoms with Gasteiger partial charge in [0.05, 0.1) is 12.1 Å². The Kier molecular flexibility index (Phi) is 5.22. The van der Waals surface area contributed by atoms with Gasteiger partial charge in [-0.25, -0.2) is 0 Å². The van der Waals surface area contributed by atoms with Crippen molar-refractivity contribution in [1.82, 2.24) is 10.2 Å². The van der Waals surface area contributed by atoms with Crippen LogP contribution in [0.4, 0.5) is 0 Å². The van der Waals surface area contributed by atoms with E-state index in [2.05, 4.69) is 5.32 Å². The fourth-order valence-electron chi connectivity index (χ4n) is 2.61. The van der Waals surface area contributed by atoms with Gasteiger partial charge in [-0.2, -0.15) is 0 Å². The number of benzene rings is 2. The second kappa shape index (κ2) is 7.74. The Labute approximate surface area is 151 Å². The molecule has 26 heavy (non-hydrogen) atoms. The van der Waals surface area contributed by atoms with Gasteiger partial charge in [0.2, 0.25) is 0 Å². The molecule has 1 aliphatic rings. The monoisotopic (exact) mass is 352 g/mol. The predicted molar refractivity (Wildman–Crippen MR) is 96.4 cm³/mol. The lowest BCUT2D eigenvalue weighted by molar-refractivity contribution is -0.126. The van der Waals surface area contributed by atoms with Crippen LogP contribution in [-0.2, 0) is 22.7 Å². The first-order chi connectivity index (χ1) is 12.5. The van der Waals surface area contributed by atoms with Gasteiger partial charge >= 0.3 is 0 Å². The molecule has 0 atom stereocenters. The number of hydrogen-bond donors (Lipinski definition) is 2. The van der Waals surface area contributed by atoms with Gasteiger partial charge in [0.1, 0.15) is 12.4 Å². The highest BCUT2D eigenvalue weighted by molar-refractivity contribution is 6.06. The first-order valence-electron chi connectivity index (χ1n) is 8.26. The largest absolute Gasteiger partial charge is 0.503 e. The molecule has 2 amide bonds. The number of aliphatic hydroxyl groups is 1. The van der Waals surface area contributed by atoms with E-state index in [4.69, 9.17) is 4.74 Å². The third-order valence-corrected chi connectivity index (χ3v) is 4.13. The molecule has 6 nitrogen and oxygen atoms in total. The van der Waals surface area contributed by atoms with Crippen LogP contribution in [0.15, 0.2) is 65.9 Å². The van der Waals surface area contributed by atoms with Gasteiger partial charge in [-0.15, -0.1) is 0 Å². The van der Waals surface area contributed by atoms with E-state index in [1.54, 1.807) is 0 Å². The Balaban J connectivity index is 1.52. The number of hydrogen-bond acceptors (Lipinski definition) is 4. The number of carbonyl (C=O) groups is 2. The molecule has 6 heteroatoms. The van der Waals surface area contributed by atoms with Crippen LogP contribution in [0, 0.1) is 0 Å². The summed E-state index contributed by atoms with van der Waals surface area (Å²) in [5, 5.41) is 12.4. The molecular formula is C20H20N2O4. The molecule has 2 aromatic rings. The molecule has 0 spiro atoms. The van der Waals surface area contributed by atoms with E-state index >= 15 is 0 Å². The Morgan fingerprint density at radius 2 is 1.81 bits per heavy atom. The first-order valence-corrected chi connectivity index (χ1v) is 8.26. The number of nitrogens with one attached hydrogen (secondary N) is 1. The molecule has 0 saturated carbocycles. The van der Waals surface area contributed by atoms with Crippen molar-refractivity contribution >= 4 is 11.8 Å². The highest BCUT2D eigenvalue weighted by Crippen LogP contribution is 2.16. The molecule has 0 unspecified atom stereocenters. The Hall–Kier alpha value is -3.28. The molecule has 0 saturated heterocycles. The summed E-state index contributed by atoms with van der Waals surface area (Å²) in [6, 6.07) is 17.3. The number of carbonyl (C=O) groups excluding carboxylic acids is 2. The standard InChI is InChI=1S/C20H20N2O4/c1-22-12-17(18(23)20(22)25)19(24)21-11-14-7-9-16(10-8-14)26-13-15-5-3-2-4-6-15/h2-10,23H,11-13H2,1H3,(H,21,24). The van der Waals surface area contributed by atoms with E-state index in [0.29, 0.717) is 13.2 Å². The van der Waals surface area contributed by atoms with Crippen LogP contribution < -0.4 is 10.1 Å². The average Bonchev–Trinajstić information content (AvgIpc) is 2.93. The van der Waals surface area contributed by atoms with Crippen LogP contribution in [0.2, 0.25) is 0 Å². The van der Waals surface area contributed by atoms with Crippen molar-refractivity contribution in [2.24, 2.45) is 0 Å². The van der Waals surface area contributed by atoms with Crippen molar-refractivity contribution in [3.63, 3.8) is 0 Å². The zero-order valence-electron chi connectivity index (χ0n) is 14.4. The highest BCUT2D eigenvalue weighted by Gasteiger charge is 2.31. The zero-order chi connectivity index (χ0) is 18.5. The van der Waals surface area contributed by atoms with E-state index < -0.39 is 17.6 Å². The molecule has 0 fully saturated rings. The number of ether oxygens (including phenoxy) is 1. The van der Waals surface area contributed by atoms with E-state index in [-0.39, 0.29) is 12.1 Å². The van der Waals surface area contributed by atoms with Crippen LogP contribution in [0.1, 0.15) is 11.1 Å². The molecule has 2 aromatic carbocycles. The molecular weight excluding hydrogens is 332 g/mol. The van der Waals surface area contributed by atoms with Crippen molar-refractivity contribution in [2.45, 2.75) is 13.2 Å².